The fraction of sp³-hybridized carbons (Fsp3) is 0.905. The van der Waals surface area contributed by atoms with Crippen LogP contribution in [0.4, 0.5) is 0 Å². The Morgan fingerprint density at radius 1 is 1.07 bits per heavy atom. The number of aliphatic hydroxyl groups is 1. The van der Waals surface area contributed by atoms with Crippen molar-refractivity contribution in [3.63, 3.8) is 0 Å². The molecule has 3 atom stereocenters. The van der Waals surface area contributed by atoms with Gasteiger partial charge in [0.15, 0.2) is 0 Å². The Bertz CT molecular complexity index is 517. The Morgan fingerprint density at radius 2 is 1.69 bits per heavy atom. The van der Waals surface area contributed by atoms with E-state index >= 15 is 0 Å². The SMILES string of the molecule is CC(S)NC1(C(=O)NCCC(C)NC(C(=O)NCCO)C(C)(C)C)CCCCC1. The normalized spacial score (nSPS) is 19.8. The minimum atomic E-state index is -0.520. The molecule has 8 heteroatoms. The molecule has 0 aliphatic heterocycles. The number of thiol groups is 1. The lowest BCUT2D eigenvalue weighted by Gasteiger charge is -2.38. The summed E-state index contributed by atoms with van der Waals surface area (Å²) in [5.74, 6) is -0.0612. The second-order valence-corrected chi connectivity index (χ2v) is 10.2. The largest absolute Gasteiger partial charge is 0.395 e. The summed E-state index contributed by atoms with van der Waals surface area (Å²) in [7, 11) is 0. The predicted molar refractivity (Wildman–Crippen MR) is 121 cm³/mol. The predicted octanol–water partition coefficient (Wildman–Crippen LogP) is 1.56. The van der Waals surface area contributed by atoms with E-state index in [-0.39, 0.29) is 47.8 Å². The molecule has 1 aliphatic carbocycles. The molecule has 7 nitrogen and oxygen atoms in total. The van der Waals surface area contributed by atoms with Crippen LogP contribution in [0.2, 0.25) is 0 Å². The van der Waals surface area contributed by atoms with Crippen LogP contribution >= 0.6 is 12.6 Å². The summed E-state index contributed by atoms with van der Waals surface area (Å²) in [6, 6.07) is -0.324. The number of nitrogens with one attached hydrogen (secondary N) is 4. The third kappa shape index (κ3) is 8.82. The van der Waals surface area contributed by atoms with Gasteiger partial charge in [-0.15, -0.1) is 0 Å². The van der Waals surface area contributed by atoms with E-state index in [2.05, 4.69) is 33.9 Å². The zero-order valence-electron chi connectivity index (χ0n) is 18.8. The van der Waals surface area contributed by atoms with E-state index < -0.39 is 5.54 Å². The zero-order valence-corrected chi connectivity index (χ0v) is 19.7. The van der Waals surface area contributed by atoms with Crippen LogP contribution in [-0.4, -0.2) is 59.6 Å². The van der Waals surface area contributed by atoms with Gasteiger partial charge in [0.05, 0.1) is 18.2 Å². The second kappa shape index (κ2) is 12.1. The van der Waals surface area contributed by atoms with Crippen LogP contribution in [0.15, 0.2) is 0 Å². The van der Waals surface area contributed by atoms with E-state index in [0.717, 1.165) is 32.1 Å². The lowest BCUT2D eigenvalue weighted by molar-refractivity contribution is -0.129. The van der Waals surface area contributed by atoms with Gasteiger partial charge in [0.25, 0.3) is 0 Å². The molecular weight excluding hydrogens is 388 g/mol. The minimum Gasteiger partial charge on any atom is -0.395 e. The number of amides is 2. The molecule has 170 valence electrons. The van der Waals surface area contributed by atoms with Crippen LogP contribution in [0.1, 0.15) is 73.1 Å². The lowest BCUT2D eigenvalue weighted by atomic mass is 9.80. The van der Waals surface area contributed by atoms with E-state index in [1.165, 1.54) is 6.42 Å². The fourth-order valence-electron chi connectivity index (χ4n) is 3.93. The molecule has 1 fully saturated rings. The van der Waals surface area contributed by atoms with Gasteiger partial charge < -0.3 is 21.1 Å². The van der Waals surface area contributed by atoms with Gasteiger partial charge in [-0.25, -0.2) is 0 Å². The molecule has 0 aromatic heterocycles. The molecule has 1 aliphatic rings. The van der Waals surface area contributed by atoms with Crippen molar-refractivity contribution in [1.29, 1.82) is 0 Å². The fourth-order valence-corrected chi connectivity index (χ4v) is 4.18. The Labute approximate surface area is 182 Å². The van der Waals surface area contributed by atoms with Crippen LogP contribution in [-0.2, 0) is 9.59 Å². The number of aliphatic hydroxyl groups excluding tert-OH is 1. The van der Waals surface area contributed by atoms with Crippen molar-refractivity contribution in [2.75, 3.05) is 19.7 Å². The molecule has 0 aromatic carbocycles. The van der Waals surface area contributed by atoms with Gasteiger partial charge in [-0.2, -0.15) is 12.6 Å². The molecule has 0 radical (unpaired) electrons. The molecule has 0 aromatic rings. The van der Waals surface area contributed by atoms with Crippen LogP contribution in [0.25, 0.3) is 0 Å². The molecule has 3 unspecified atom stereocenters. The van der Waals surface area contributed by atoms with Crippen molar-refractivity contribution in [2.24, 2.45) is 5.41 Å². The lowest BCUT2D eigenvalue weighted by Crippen LogP contribution is -2.60. The third-order valence-corrected chi connectivity index (χ3v) is 5.61. The van der Waals surface area contributed by atoms with E-state index in [0.29, 0.717) is 6.54 Å². The third-order valence-electron chi connectivity index (χ3n) is 5.48. The van der Waals surface area contributed by atoms with Gasteiger partial charge in [0, 0.05) is 24.5 Å². The zero-order chi connectivity index (χ0) is 22.1. The first-order valence-corrected chi connectivity index (χ1v) is 11.4. The first-order chi connectivity index (χ1) is 13.5. The number of hydrogen-bond donors (Lipinski definition) is 6. The Balaban J connectivity index is 2.58. The summed E-state index contributed by atoms with van der Waals surface area (Å²) < 4.78 is 0. The summed E-state index contributed by atoms with van der Waals surface area (Å²) in [5.41, 5.74) is -0.788. The maximum atomic E-state index is 12.9. The molecule has 0 spiro atoms. The van der Waals surface area contributed by atoms with Crippen molar-refractivity contribution in [3.05, 3.63) is 0 Å². The van der Waals surface area contributed by atoms with Crippen molar-refractivity contribution >= 4 is 24.4 Å². The number of rotatable bonds is 11. The minimum absolute atomic E-state index is 0.0376. The van der Waals surface area contributed by atoms with Gasteiger partial charge in [0.2, 0.25) is 11.8 Å². The molecule has 1 saturated carbocycles. The van der Waals surface area contributed by atoms with E-state index in [4.69, 9.17) is 5.11 Å². The smallest absolute Gasteiger partial charge is 0.240 e. The number of carbonyl (C=O) groups is 2. The molecule has 5 N–H and O–H groups in total. The highest BCUT2D eigenvalue weighted by atomic mass is 32.1. The van der Waals surface area contributed by atoms with Gasteiger partial charge in [-0.05, 0) is 38.5 Å². The Morgan fingerprint density at radius 3 is 2.21 bits per heavy atom. The summed E-state index contributed by atoms with van der Waals surface area (Å²) in [4.78, 5) is 25.4. The first kappa shape index (κ1) is 26.2. The van der Waals surface area contributed by atoms with Gasteiger partial charge in [-0.1, -0.05) is 40.0 Å². The van der Waals surface area contributed by atoms with Crippen LogP contribution in [0.3, 0.4) is 0 Å². The van der Waals surface area contributed by atoms with Crippen LogP contribution < -0.4 is 21.3 Å². The van der Waals surface area contributed by atoms with Crippen molar-refractivity contribution in [2.45, 2.75) is 96.1 Å². The molecule has 0 saturated heterocycles. The summed E-state index contributed by atoms with van der Waals surface area (Å²) in [6.07, 6.45) is 5.68. The quantitative estimate of drug-likeness (QED) is 0.221. The number of hydrogen-bond acceptors (Lipinski definition) is 6. The second-order valence-electron chi connectivity index (χ2n) is 9.39. The molecule has 0 bridgehead atoms. The van der Waals surface area contributed by atoms with Crippen molar-refractivity contribution in [1.82, 2.24) is 21.3 Å². The molecule has 1 rings (SSSR count). The monoisotopic (exact) mass is 430 g/mol. The highest BCUT2D eigenvalue weighted by molar-refractivity contribution is 7.80. The van der Waals surface area contributed by atoms with E-state index in [1.54, 1.807) is 0 Å². The van der Waals surface area contributed by atoms with Crippen LogP contribution in [0, 0.1) is 5.41 Å². The van der Waals surface area contributed by atoms with Gasteiger partial charge in [-0.3, -0.25) is 14.9 Å². The van der Waals surface area contributed by atoms with Crippen molar-refractivity contribution in [3.8, 4) is 0 Å². The highest BCUT2D eigenvalue weighted by Crippen LogP contribution is 2.29. The molecule has 0 heterocycles. The first-order valence-electron chi connectivity index (χ1n) is 10.9. The van der Waals surface area contributed by atoms with E-state index in [1.807, 2.05) is 34.6 Å². The maximum Gasteiger partial charge on any atom is 0.240 e. The van der Waals surface area contributed by atoms with E-state index in [9.17, 15) is 9.59 Å². The van der Waals surface area contributed by atoms with Gasteiger partial charge >= 0.3 is 0 Å². The Hall–Kier alpha value is -0.830. The maximum absolute atomic E-state index is 12.9. The summed E-state index contributed by atoms with van der Waals surface area (Å²) in [6.45, 7) is 10.7. The average Bonchev–Trinajstić information content (AvgIpc) is 2.63. The van der Waals surface area contributed by atoms with Crippen LogP contribution in [0.5, 0.6) is 0 Å². The molecule has 29 heavy (non-hydrogen) atoms. The summed E-state index contributed by atoms with van der Waals surface area (Å²) >= 11 is 4.43. The molecular formula is C21H42N4O3S. The molecule has 2 amide bonds. The topological polar surface area (TPSA) is 102 Å². The highest BCUT2D eigenvalue weighted by Gasteiger charge is 2.39. The van der Waals surface area contributed by atoms with Crippen molar-refractivity contribution < 1.29 is 14.7 Å². The average molecular weight is 431 g/mol. The Kier molecular flexibility index (Phi) is 11.0. The standard InChI is InChI=1S/C21H42N4O3S/c1-15(24-17(20(3,4)5)18(27)22-13-14-26)9-12-23-19(28)21(25-16(2)29)10-7-6-8-11-21/h15-17,24-26,29H,6-14H2,1-5H3,(H,22,27)(H,23,28). The number of carbonyl (C=O) groups excluding carboxylic acids is 2. The van der Waals surface area contributed by atoms with Gasteiger partial charge in [0.1, 0.15) is 0 Å². The summed E-state index contributed by atoms with van der Waals surface area (Å²) in [5, 5.41) is 21.5.